The molecule has 0 rings (SSSR count). The van der Waals surface area contributed by atoms with Gasteiger partial charge in [0.2, 0.25) is 5.91 Å². The monoisotopic (exact) mass is 464 g/mol. The molecule has 0 spiro atoms. The number of aliphatic carboxylic acids is 2. The molecule has 0 fully saturated rings. The summed E-state index contributed by atoms with van der Waals surface area (Å²) in [4.78, 5) is 34.7. The van der Waals surface area contributed by atoms with Gasteiger partial charge in [-0.1, -0.05) is 58.3 Å². The van der Waals surface area contributed by atoms with Crippen molar-refractivity contribution in [3.8, 4) is 0 Å². The Morgan fingerprint density at radius 1 is 0.750 bits per heavy atom. The first-order valence-corrected chi connectivity index (χ1v) is 11.6. The summed E-state index contributed by atoms with van der Waals surface area (Å²) in [5.74, 6) is -2.95. The van der Waals surface area contributed by atoms with E-state index in [0.717, 1.165) is 12.8 Å². The molecular weight excluding hydrogens is 420 g/mol. The van der Waals surface area contributed by atoms with Crippen LogP contribution in [0.5, 0.6) is 0 Å². The van der Waals surface area contributed by atoms with Crippen LogP contribution in [0.2, 0.25) is 0 Å². The van der Waals surface area contributed by atoms with Gasteiger partial charge in [-0.25, -0.2) is 4.79 Å². The van der Waals surface area contributed by atoms with Crippen molar-refractivity contribution in [3.63, 3.8) is 0 Å². The first-order chi connectivity index (χ1) is 15.3. The van der Waals surface area contributed by atoms with E-state index in [1.807, 2.05) is 0 Å². The third-order valence-corrected chi connectivity index (χ3v) is 4.77. The van der Waals surface area contributed by atoms with Gasteiger partial charge in [0, 0.05) is 26.1 Å². The Morgan fingerprint density at radius 2 is 1.19 bits per heavy atom. The molecule has 0 aromatic heterocycles. The summed E-state index contributed by atoms with van der Waals surface area (Å²) in [6.45, 7) is 3.94. The number of nitrogens with zero attached hydrogens (tertiary/aromatic N) is 1. The SMILES string of the molecule is CCCCCCCCCCCC(=O)NC(CC(=O)O)C(=O)O.OCCN(CCO)CCO. The highest BCUT2D eigenvalue weighted by Gasteiger charge is 2.22. The lowest BCUT2D eigenvalue weighted by atomic mass is 10.1. The number of carboxylic acid groups (broad SMARTS) is 2. The van der Waals surface area contributed by atoms with Gasteiger partial charge in [-0.3, -0.25) is 14.5 Å². The highest BCUT2D eigenvalue weighted by Crippen LogP contribution is 2.10. The van der Waals surface area contributed by atoms with Crippen molar-refractivity contribution in [2.45, 2.75) is 83.6 Å². The van der Waals surface area contributed by atoms with Crippen molar-refractivity contribution in [1.82, 2.24) is 10.2 Å². The number of nitrogens with one attached hydrogen (secondary N) is 1. The van der Waals surface area contributed by atoms with Crippen LogP contribution in [0.15, 0.2) is 0 Å². The zero-order valence-corrected chi connectivity index (χ0v) is 19.5. The fourth-order valence-electron chi connectivity index (χ4n) is 3.00. The van der Waals surface area contributed by atoms with Gasteiger partial charge < -0.3 is 30.8 Å². The van der Waals surface area contributed by atoms with Crippen LogP contribution in [0, 0.1) is 0 Å². The summed E-state index contributed by atoms with van der Waals surface area (Å²) < 4.78 is 0. The Labute approximate surface area is 191 Å². The number of rotatable bonds is 20. The molecule has 0 saturated carbocycles. The van der Waals surface area contributed by atoms with E-state index in [0.29, 0.717) is 26.1 Å². The van der Waals surface area contributed by atoms with Gasteiger partial charge in [0.25, 0.3) is 0 Å². The zero-order chi connectivity index (χ0) is 24.6. The van der Waals surface area contributed by atoms with Crippen LogP contribution in [0.25, 0.3) is 0 Å². The van der Waals surface area contributed by atoms with E-state index in [-0.39, 0.29) is 26.2 Å². The average molecular weight is 465 g/mol. The smallest absolute Gasteiger partial charge is 0.326 e. The Kier molecular flexibility index (Phi) is 24.2. The fourth-order valence-corrected chi connectivity index (χ4v) is 3.00. The number of aliphatic hydroxyl groups excluding tert-OH is 3. The number of amides is 1. The maximum absolute atomic E-state index is 11.6. The Morgan fingerprint density at radius 3 is 1.56 bits per heavy atom. The maximum Gasteiger partial charge on any atom is 0.326 e. The predicted octanol–water partition coefficient (Wildman–Crippen LogP) is 1.22. The normalized spacial score (nSPS) is 11.5. The minimum Gasteiger partial charge on any atom is -0.481 e. The van der Waals surface area contributed by atoms with Crippen molar-refractivity contribution >= 4 is 17.8 Å². The van der Waals surface area contributed by atoms with Crippen molar-refractivity contribution in [3.05, 3.63) is 0 Å². The van der Waals surface area contributed by atoms with Crippen molar-refractivity contribution in [1.29, 1.82) is 0 Å². The van der Waals surface area contributed by atoms with Crippen LogP contribution in [0.1, 0.15) is 77.6 Å². The second-order valence-corrected chi connectivity index (χ2v) is 7.65. The molecule has 0 bridgehead atoms. The first-order valence-electron chi connectivity index (χ1n) is 11.6. The van der Waals surface area contributed by atoms with Crippen molar-refractivity contribution in [2.75, 3.05) is 39.5 Å². The molecule has 0 aliphatic heterocycles. The lowest BCUT2D eigenvalue weighted by Gasteiger charge is -2.17. The largest absolute Gasteiger partial charge is 0.481 e. The van der Waals surface area contributed by atoms with Crippen LogP contribution in [0.3, 0.4) is 0 Å². The number of hydrogen-bond donors (Lipinski definition) is 6. The highest BCUT2D eigenvalue weighted by atomic mass is 16.4. The average Bonchev–Trinajstić information content (AvgIpc) is 2.73. The number of carboxylic acids is 2. The van der Waals surface area contributed by atoms with Gasteiger partial charge in [0.05, 0.1) is 26.2 Å². The molecule has 0 aliphatic rings. The minimum atomic E-state index is -1.34. The fraction of sp³-hybridized carbons (Fsp3) is 0.864. The lowest BCUT2D eigenvalue weighted by Crippen LogP contribution is -2.42. The summed E-state index contributed by atoms with van der Waals surface area (Å²) in [6, 6.07) is -1.34. The number of hydrogen-bond acceptors (Lipinski definition) is 7. The number of carbonyl (C=O) groups is 3. The summed E-state index contributed by atoms with van der Waals surface area (Å²) >= 11 is 0. The molecule has 1 amide bonds. The lowest BCUT2D eigenvalue weighted by molar-refractivity contribution is -0.147. The molecule has 10 nitrogen and oxygen atoms in total. The molecule has 1 unspecified atom stereocenters. The highest BCUT2D eigenvalue weighted by molar-refractivity contribution is 5.86. The molecule has 10 heteroatoms. The van der Waals surface area contributed by atoms with E-state index in [2.05, 4.69) is 12.2 Å². The van der Waals surface area contributed by atoms with E-state index < -0.39 is 30.3 Å². The molecular formula is C22H44N2O8. The van der Waals surface area contributed by atoms with Crippen molar-refractivity contribution < 1.29 is 39.9 Å². The Hall–Kier alpha value is -1.75. The third-order valence-electron chi connectivity index (χ3n) is 4.77. The molecule has 0 radical (unpaired) electrons. The van der Waals surface area contributed by atoms with Crippen molar-refractivity contribution in [2.24, 2.45) is 0 Å². The van der Waals surface area contributed by atoms with Crippen LogP contribution >= 0.6 is 0 Å². The Bertz CT molecular complexity index is 463. The molecule has 0 aliphatic carbocycles. The van der Waals surface area contributed by atoms with Crippen LogP contribution in [-0.4, -0.2) is 93.8 Å². The predicted molar refractivity (Wildman–Crippen MR) is 121 cm³/mol. The molecule has 0 saturated heterocycles. The summed E-state index contributed by atoms with van der Waals surface area (Å²) in [6.07, 6.45) is 9.87. The summed E-state index contributed by atoms with van der Waals surface area (Å²) in [5.41, 5.74) is 0. The third kappa shape index (κ3) is 22.9. The van der Waals surface area contributed by atoms with Crippen LogP contribution in [0.4, 0.5) is 0 Å². The van der Waals surface area contributed by atoms with Gasteiger partial charge in [0.15, 0.2) is 0 Å². The number of aliphatic hydroxyl groups is 3. The van der Waals surface area contributed by atoms with Gasteiger partial charge in [-0.05, 0) is 6.42 Å². The molecule has 6 N–H and O–H groups in total. The van der Waals surface area contributed by atoms with Crippen LogP contribution in [-0.2, 0) is 14.4 Å². The molecule has 0 heterocycles. The Balaban J connectivity index is 0. The van der Waals surface area contributed by atoms with Gasteiger partial charge in [-0.2, -0.15) is 0 Å². The van der Waals surface area contributed by atoms with E-state index in [9.17, 15) is 14.4 Å². The molecule has 0 aromatic carbocycles. The summed E-state index contributed by atoms with van der Waals surface area (Å²) in [7, 11) is 0. The van der Waals surface area contributed by atoms with Gasteiger partial charge in [-0.15, -0.1) is 0 Å². The van der Waals surface area contributed by atoms with E-state index in [1.165, 1.54) is 38.5 Å². The first kappa shape index (κ1) is 32.4. The second kappa shape index (κ2) is 23.9. The van der Waals surface area contributed by atoms with Gasteiger partial charge in [0.1, 0.15) is 6.04 Å². The van der Waals surface area contributed by atoms with E-state index in [4.69, 9.17) is 25.5 Å². The maximum atomic E-state index is 11.6. The second-order valence-electron chi connectivity index (χ2n) is 7.65. The standard InChI is InChI=1S/C16H29NO5.C6H15NO3/c1-2-3-4-5-6-7-8-9-10-11-14(18)17-13(16(21)22)12-15(19)20;8-4-1-7(2-5-9)3-6-10/h13H,2-12H2,1H3,(H,17,18)(H,19,20)(H,21,22);8-10H,1-6H2. The van der Waals surface area contributed by atoms with Gasteiger partial charge >= 0.3 is 11.9 Å². The molecule has 190 valence electrons. The van der Waals surface area contributed by atoms with E-state index in [1.54, 1.807) is 4.90 Å². The molecule has 0 aromatic rings. The number of carbonyl (C=O) groups excluding carboxylic acids is 1. The van der Waals surface area contributed by atoms with Crippen LogP contribution < -0.4 is 5.32 Å². The zero-order valence-electron chi connectivity index (χ0n) is 19.5. The quantitative estimate of drug-likeness (QED) is 0.145. The minimum absolute atomic E-state index is 0.0694. The topological polar surface area (TPSA) is 168 Å². The summed E-state index contributed by atoms with van der Waals surface area (Å²) in [5, 5.41) is 45.1. The molecule has 32 heavy (non-hydrogen) atoms. The molecule has 1 atom stereocenters. The number of unbranched alkanes of at least 4 members (excludes halogenated alkanes) is 8. The van der Waals surface area contributed by atoms with E-state index >= 15 is 0 Å².